The first-order valence-electron chi connectivity index (χ1n) is 8.01. The van der Waals surface area contributed by atoms with E-state index in [0.717, 1.165) is 0 Å². The molecule has 1 atom stereocenters. The van der Waals surface area contributed by atoms with Crippen molar-refractivity contribution in [3.05, 3.63) is 53.6 Å². The van der Waals surface area contributed by atoms with Crippen LogP contribution >= 0.6 is 0 Å². The first-order chi connectivity index (χ1) is 12.8. The van der Waals surface area contributed by atoms with Crippen LogP contribution in [0, 0.1) is 0 Å². The van der Waals surface area contributed by atoms with Gasteiger partial charge in [-0.05, 0) is 42.8 Å². The number of carbonyl (C=O) groups excluding carboxylic acids is 2. The number of ether oxygens (including phenoxy) is 3. The number of rotatable bonds is 7. The summed E-state index contributed by atoms with van der Waals surface area (Å²) in [5.74, 6) is -1.06. The van der Waals surface area contributed by atoms with Gasteiger partial charge in [0.15, 0.2) is 11.5 Å². The Hall–Kier alpha value is -3.16. The van der Waals surface area contributed by atoms with Crippen molar-refractivity contribution in [1.82, 2.24) is 0 Å². The van der Waals surface area contributed by atoms with Gasteiger partial charge in [-0.25, -0.2) is 4.79 Å². The van der Waals surface area contributed by atoms with Crippen molar-refractivity contribution in [1.29, 1.82) is 0 Å². The van der Waals surface area contributed by atoms with Crippen molar-refractivity contribution < 1.29 is 32.6 Å². The van der Waals surface area contributed by atoms with Gasteiger partial charge in [-0.2, -0.15) is 8.78 Å². The minimum absolute atomic E-state index is 0.00920. The number of hydrogen-bond donors (Lipinski definition) is 1. The molecule has 0 heterocycles. The highest BCUT2D eigenvalue weighted by Gasteiger charge is 2.18. The molecule has 2 aromatic rings. The van der Waals surface area contributed by atoms with Crippen LogP contribution in [-0.4, -0.2) is 25.6 Å². The lowest BCUT2D eigenvalue weighted by atomic mass is 10.1. The van der Waals surface area contributed by atoms with Crippen molar-refractivity contribution in [3.63, 3.8) is 0 Å². The third-order valence-corrected chi connectivity index (χ3v) is 3.58. The average molecular weight is 379 g/mol. The molecular weight excluding hydrogens is 360 g/mol. The lowest BCUT2D eigenvalue weighted by Crippen LogP contribution is -2.11. The van der Waals surface area contributed by atoms with Crippen LogP contribution in [0.25, 0.3) is 0 Å². The molecule has 0 radical (unpaired) electrons. The molecule has 0 fully saturated rings. The highest BCUT2D eigenvalue weighted by molar-refractivity contribution is 5.90. The molecule has 0 aliphatic carbocycles. The first-order valence-corrected chi connectivity index (χ1v) is 8.01. The van der Waals surface area contributed by atoms with Crippen molar-refractivity contribution in [2.75, 3.05) is 12.4 Å². The monoisotopic (exact) mass is 379 g/mol. The second-order valence-electron chi connectivity index (χ2n) is 5.60. The van der Waals surface area contributed by atoms with Crippen molar-refractivity contribution in [2.24, 2.45) is 0 Å². The fourth-order valence-corrected chi connectivity index (χ4v) is 2.36. The molecule has 0 bridgehead atoms. The Labute approximate surface area is 155 Å². The molecule has 0 aromatic heterocycles. The van der Waals surface area contributed by atoms with Gasteiger partial charge < -0.3 is 19.5 Å². The predicted octanol–water partition coefficient (Wildman–Crippen LogP) is 4.17. The van der Waals surface area contributed by atoms with Gasteiger partial charge in [-0.15, -0.1) is 0 Å². The summed E-state index contributed by atoms with van der Waals surface area (Å²) in [7, 11) is 1.28. The Bertz CT molecular complexity index is 825. The molecule has 27 heavy (non-hydrogen) atoms. The smallest absolute Gasteiger partial charge is 0.387 e. The Morgan fingerprint density at radius 3 is 2.44 bits per heavy atom. The first kappa shape index (κ1) is 20.2. The molecule has 0 spiro atoms. The maximum Gasteiger partial charge on any atom is 0.387 e. The quantitative estimate of drug-likeness (QED) is 0.731. The maximum atomic E-state index is 12.4. The van der Waals surface area contributed by atoms with Crippen LogP contribution < -0.4 is 14.8 Å². The molecule has 1 amide bonds. The van der Waals surface area contributed by atoms with Crippen LogP contribution in [0.15, 0.2) is 42.5 Å². The van der Waals surface area contributed by atoms with Crippen LogP contribution in [-0.2, 0) is 9.53 Å². The molecule has 8 heteroatoms. The minimum Gasteiger partial charge on any atom is -0.493 e. The number of alkyl halides is 2. The molecule has 1 unspecified atom stereocenters. The van der Waals surface area contributed by atoms with E-state index in [-0.39, 0.29) is 23.0 Å². The zero-order chi connectivity index (χ0) is 20.0. The largest absolute Gasteiger partial charge is 0.493 e. The molecule has 2 aromatic carbocycles. The lowest BCUT2D eigenvalue weighted by Gasteiger charge is -2.16. The molecule has 144 valence electrons. The van der Waals surface area contributed by atoms with E-state index in [0.29, 0.717) is 11.3 Å². The van der Waals surface area contributed by atoms with E-state index in [1.807, 2.05) is 0 Å². The van der Waals surface area contributed by atoms with Gasteiger partial charge in [0.2, 0.25) is 5.91 Å². The predicted molar refractivity (Wildman–Crippen MR) is 94.2 cm³/mol. The molecule has 0 aliphatic rings. The summed E-state index contributed by atoms with van der Waals surface area (Å²) in [6.45, 7) is 0.0638. The molecular formula is C19H19F2NO5. The van der Waals surface area contributed by atoms with Crippen molar-refractivity contribution >= 4 is 17.6 Å². The van der Waals surface area contributed by atoms with Crippen molar-refractivity contribution in [2.45, 2.75) is 26.6 Å². The number of hydrogen-bond acceptors (Lipinski definition) is 5. The molecule has 2 rings (SSSR count). The summed E-state index contributed by atoms with van der Waals surface area (Å²) in [5.41, 5.74) is 1.38. The number of methoxy groups -OCH3 is 1. The maximum absolute atomic E-state index is 12.4. The topological polar surface area (TPSA) is 73.9 Å². The van der Waals surface area contributed by atoms with E-state index in [1.54, 1.807) is 31.2 Å². The van der Waals surface area contributed by atoms with E-state index in [2.05, 4.69) is 10.1 Å². The summed E-state index contributed by atoms with van der Waals surface area (Å²) >= 11 is 0. The summed E-state index contributed by atoms with van der Waals surface area (Å²) < 4.78 is 39.4. The third kappa shape index (κ3) is 5.67. The van der Waals surface area contributed by atoms with Gasteiger partial charge in [0, 0.05) is 12.6 Å². The van der Waals surface area contributed by atoms with E-state index in [4.69, 9.17) is 9.47 Å². The van der Waals surface area contributed by atoms with Gasteiger partial charge in [0.05, 0.1) is 12.7 Å². The SMILES string of the molecule is COc1cc(C(=O)OC(C)c2cccc(NC(C)=O)c2)ccc1OC(F)F. The second-order valence-corrected chi connectivity index (χ2v) is 5.60. The van der Waals surface area contributed by atoms with Crippen LogP contribution in [0.4, 0.5) is 14.5 Å². The van der Waals surface area contributed by atoms with E-state index < -0.39 is 18.7 Å². The highest BCUT2D eigenvalue weighted by atomic mass is 19.3. The van der Waals surface area contributed by atoms with Gasteiger partial charge in [0.25, 0.3) is 0 Å². The number of benzene rings is 2. The average Bonchev–Trinajstić information content (AvgIpc) is 2.61. The summed E-state index contributed by atoms with van der Waals surface area (Å²) in [6, 6.07) is 10.7. The van der Waals surface area contributed by atoms with E-state index >= 15 is 0 Å². The summed E-state index contributed by atoms with van der Waals surface area (Å²) in [6.07, 6.45) is -0.603. The standard InChI is InChI=1S/C19H19F2NO5/c1-11(13-5-4-6-15(9-13)22-12(2)23)26-18(24)14-7-8-16(27-19(20)21)17(10-14)25-3/h4-11,19H,1-3H3,(H,22,23). The lowest BCUT2D eigenvalue weighted by molar-refractivity contribution is -0.114. The zero-order valence-electron chi connectivity index (χ0n) is 15.0. The van der Waals surface area contributed by atoms with Crippen LogP contribution in [0.3, 0.4) is 0 Å². The normalized spacial score (nSPS) is 11.6. The fraction of sp³-hybridized carbons (Fsp3) is 0.263. The zero-order valence-corrected chi connectivity index (χ0v) is 15.0. The Morgan fingerprint density at radius 2 is 1.81 bits per heavy atom. The van der Waals surface area contributed by atoms with Crippen LogP contribution in [0.1, 0.15) is 35.9 Å². The fourth-order valence-electron chi connectivity index (χ4n) is 2.36. The number of esters is 1. The summed E-state index contributed by atoms with van der Waals surface area (Å²) in [5, 5.41) is 2.65. The molecule has 0 saturated carbocycles. The molecule has 6 nitrogen and oxygen atoms in total. The number of amides is 1. The molecule has 0 aliphatic heterocycles. The molecule has 1 N–H and O–H groups in total. The Balaban J connectivity index is 2.13. The minimum atomic E-state index is -3.01. The highest BCUT2D eigenvalue weighted by Crippen LogP contribution is 2.30. The second kappa shape index (κ2) is 8.98. The van der Waals surface area contributed by atoms with Gasteiger partial charge in [0.1, 0.15) is 6.10 Å². The molecule has 0 saturated heterocycles. The van der Waals surface area contributed by atoms with Crippen LogP contribution in [0.2, 0.25) is 0 Å². The Kier molecular flexibility index (Phi) is 6.70. The third-order valence-electron chi connectivity index (χ3n) is 3.58. The van der Waals surface area contributed by atoms with Gasteiger partial charge >= 0.3 is 12.6 Å². The summed E-state index contributed by atoms with van der Waals surface area (Å²) in [4.78, 5) is 23.5. The van der Waals surface area contributed by atoms with Crippen LogP contribution in [0.5, 0.6) is 11.5 Å². The number of anilines is 1. The Morgan fingerprint density at radius 1 is 1.07 bits per heavy atom. The number of halogens is 2. The van der Waals surface area contributed by atoms with Gasteiger partial charge in [-0.1, -0.05) is 12.1 Å². The van der Waals surface area contributed by atoms with E-state index in [1.165, 1.54) is 32.2 Å². The number of nitrogens with one attached hydrogen (secondary N) is 1. The van der Waals surface area contributed by atoms with E-state index in [9.17, 15) is 18.4 Å². The van der Waals surface area contributed by atoms with Gasteiger partial charge in [-0.3, -0.25) is 4.79 Å². The van der Waals surface area contributed by atoms with Crippen molar-refractivity contribution in [3.8, 4) is 11.5 Å². The number of carbonyl (C=O) groups is 2.